The average molecular weight is 207 g/mol. The zero-order valence-electron chi connectivity index (χ0n) is 10.6. The van der Waals surface area contributed by atoms with Gasteiger partial charge >= 0.3 is 0 Å². The standard InChI is InChI=1S/C11H15NO.C2H6/c1-8-7-10(9(2)13)5-6-11(8)12(3)4;1-2/h5-7H,1-4H3;1-2H3. The van der Waals surface area contributed by atoms with Gasteiger partial charge in [-0.05, 0) is 37.6 Å². The minimum atomic E-state index is 0.119. The first-order chi connectivity index (χ1) is 7.02. The molecule has 0 fully saturated rings. The Labute approximate surface area is 92.9 Å². The number of carbonyl (C=O) groups excluding carboxylic acids is 1. The van der Waals surface area contributed by atoms with E-state index in [0.29, 0.717) is 0 Å². The predicted molar refractivity (Wildman–Crippen MR) is 66.9 cm³/mol. The van der Waals surface area contributed by atoms with Gasteiger partial charge in [-0.1, -0.05) is 13.8 Å². The van der Waals surface area contributed by atoms with Crippen molar-refractivity contribution < 1.29 is 4.79 Å². The maximum absolute atomic E-state index is 11.1. The van der Waals surface area contributed by atoms with Crippen molar-refractivity contribution in [1.82, 2.24) is 0 Å². The second-order valence-corrected chi connectivity index (χ2v) is 3.45. The summed E-state index contributed by atoms with van der Waals surface area (Å²) in [5.41, 5.74) is 3.07. The fourth-order valence-electron chi connectivity index (χ4n) is 1.38. The summed E-state index contributed by atoms with van der Waals surface area (Å²) in [7, 11) is 3.99. The van der Waals surface area contributed by atoms with Gasteiger partial charge in [-0.3, -0.25) is 4.79 Å². The lowest BCUT2D eigenvalue weighted by atomic mass is 10.1. The molecular weight excluding hydrogens is 186 g/mol. The largest absolute Gasteiger partial charge is 0.377 e. The first kappa shape index (κ1) is 13.7. The van der Waals surface area contributed by atoms with Crippen molar-refractivity contribution >= 4 is 11.5 Å². The Morgan fingerprint density at radius 1 is 1.20 bits per heavy atom. The van der Waals surface area contributed by atoms with Crippen LogP contribution in [0.3, 0.4) is 0 Å². The Morgan fingerprint density at radius 3 is 2.07 bits per heavy atom. The van der Waals surface area contributed by atoms with Gasteiger partial charge in [-0.25, -0.2) is 0 Å². The monoisotopic (exact) mass is 207 g/mol. The van der Waals surface area contributed by atoms with Crippen LogP contribution < -0.4 is 4.90 Å². The highest BCUT2D eigenvalue weighted by Gasteiger charge is 2.03. The molecule has 0 saturated carbocycles. The molecule has 0 N–H and O–H groups in total. The van der Waals surface area contributed by atoms with Gasteiger partial charge < -0.3 is 4.90 Å². The molecule has 1 rings (SSSR count). The van der Waals surface area contributed by atoms with Crippen molar-refractivity contribution in [2.45, 2.75) is 27.7 Å². The maximum Gasteiger partial charge on any atom is 0.159 e. The summed E-state index contributed by atoms with van der Waals surface area (Å²) in [6, 6.07) is 5.77. The van der Waals surface area contributed by atoms with Crippen LogP contribution in [-0.4, -0.2) is 19.9 Å². The predicted octanol–water partition coefficient (Wildman–Crippen LogP) is 3.29. The first-order valence-electron chi connectivity index (χ1n) is 5.31. The summed E-state index contributed by atoms with van der Waals surface area (Å²) >= 11 is 0. The van der Waals surface area contributed by atoms with E-state index in [-0.39, 0.29) is 5.78 Å². The van der Waals surface area contributed by atoms with Crippen LogP contribution in [0.15, 0.2) is 18.2 Å². The minimum Gasteiger partial charge on any atom is -0.377 e. The third-order valence-electron chi connectivity index (χ3n) is 2.09. The molecule has 2 heteroatoms. The second-order valence-electron chi connectivity index (χ2n) is 3.45. The molecule has 1 aromatic carbocycles. The van der Waals surface area contributed by atoms with Crippen LogP contribution in [-0.2, 0) is 0 Å². The third kappa shape index (κ3) is 3.74. The van der Waals surface area contributed by atoms with Gasteiger partial charge in [0.2, 0.25) is 0 Å². The molecule has 2 nitrogen and oxygen atoms in total. The number of hydrogen-bond acceptors (Lipinski definition) is 2. The van der Waals surface area contributed by atoms with E-state index >= 15 is 0 Å². The van der Waals surface area contributed by atoms with Crippen molar-refractivity contribution in [2.75, 3.05) is 19.0 Å². The lowest BCUT2D eigenvalue weighted by Gasteiger charge is -2.15. The molecule has 0 unspecified atom stereocenters. The molecule has 0 aliphatic rings. The Hall–Kier alpha value is -1.31. The van der Waals surface area contributed by atoms with Crippen LogP contribution in [0.25, 0.3) is 0 Å². The summed E-state index contributed by atoms with van der Waals surface area (Å²) in [5.74, 6) is 0.119. The molecule has 0 amide bonds. The van der Waals surface area contributed by atoms with Crippen molar-refractivity contribution in [3.8, 4) is 0 Å². The lowest BCUT2D eigenvalue weighted by molar-refractivity contribution is 0.101. The highest BCUT2D eigenvalue weighted by molar-refractivity contribution is 5.94. The Bertz CT molecular complexity index is 329. The van der Waals surface area contributed by atoms with Crippen LogP contribution in [0.1, 0.15) is 36.7 Å². The van der Waals surface area contributed by atoms with E-state index in [9.17, 15) is 4.79 Å². The number of anilines is 1. The summed E-state index contributed by atoms with van der Waals surface area (Å²) in [5, 5.41) is 0. The fraction of sp³-hybridized carbons (Fsp3) is 0.462. The topological polar surface area (TPSA) is 20.3 Å². The van der Waals surface area contributed by atoms with Crippen LogP contribution in [0.2, 0.25) is 0 Å². The van der Waals surface area contributed by atoms with E-state index in [1.165, 1.54) is 0 Å². The van der Waals surface area contributed by atoms with Gasteiger partial charge in [0.1, 0.15) is 0 Å². The normalized spacial score (nSPS) is 8.93. The summed E-state index contributed by atoms with van der Waals surface area (Å²) in [6.45, 7) is 7.60. The third-order valence-corrected chi connectivity index (χ3v) is 2.09. The molecular formula is C13H21NO. The molecule has 15 heavy (non-hydrogen) atoms. The van der Waals surface area contributed by atoms with Crippen molar-refractivity contribution in [1.29, 1.82) is 0 Å². The van der Waals surface area contributed by atoms with Crippen molar-refractivity contribution in [3.05, 3.63) is 29.3 Å². The van der Waals surface area contributed by atoms with E-state index < -0.39 is 0 Å². The molecule has 0 atom stereocenters. The summed E-state index contributed by atoms with van der Waals surface area (Å²) < 4.78 is 0. The van der Waals surface area contributed by atoms with E-state index in [2.05, 4.69) is 0 Å². The van der Waals surface area contributed by atoms with Crippen LogP contribution in [0.5, 0.6) is 0 Å². The van der Waals surface area contributed by atoms with E-state index in [0.717, 1.165) is 16.8 Å². The number of rotatable bonds is 2. The van der Waals surface area contributed by atoms with Crippen LogP contribution >= 0.6 is 0 Å². The quantitative estimate of drug-likeness (QED) is 0.694. The summed E-state index contributed by atoms with van der Waals surface area (Å²) in [4.78, 5) is 13.1. The van der Waals surface area contributed by atoms with Gasteiger partial charge in [0.15, 0.2) is 5.78 Å². The average Bonchev–Trinajstić information content (AvgIpc) is 2.20. The Morgan fingerprint density at radius 2 is 1.73 bits per heavy atom. The minimum absolute atomic E-state index is 0.119. The molecule has 84 valence electrons. The van der Waals surface area contributed by atoms with Gasteiger partial charge in [-0.2, -0.15) is 0 Å². The molecule has 0 radical (unpaired) electrons. The number of aryl methyl sites for hydroxylation is 1. The molecule has 0 aliphatic heterocycles. The van der Waals surface area contributed by atoms with Gasteiger partial charge in [0, 0.05) is 25.3 Å². The van der Waals surface area contributed by atoms with E-state index in [1.54, 1.807) is 6.92 Å². The number of nitrogens with zero attached hydrogens (tertiary/aromatic N) is 1. The van der Waals surface area contributed by atoms with Gasteiger partial charge in [0.05, 0.1) is 0 Å². The molecule has 0 aromatic heterocycles. The number of Topliss-reactive ketones (excluding diaryl/α,β-unsaturated/α-hetero) is 1. The Kier molecular flexibility index (Phi) is 5.68. The lowest BCUT2D eigenvalue weighted by Crippen LogP contribution is -2.10. The highest BCUT2D eigenvalue weighted by atomic mass is 16.1. The SMILES string of the molecule is CC.CC(=O)c1ccc(N(C)C)c(C)c1. The number of carbonyl (C=O) groups is 1. The van der Waals surface area contributed by atoms with Crippen molar-refractivity contribution in [3.63, 3.8) is 0 Å². The molecule has 0 saturated heterocycles. The first-order valence-corrected chi connectivity index (χ1v) is 5.31. The highest BCUT2D eigenvalue weighted by Crippen LogP contribution is 2.18. The molecule has 0 spiro atoms. The van der Waals surface area contributed by atoms with Gasteiger partial charge in [-0.15, -0.1) is 0 Å². The molecule has 0 heterocycles. The number of hydrogen-bond donors (Lipinski definition) is 0. The Balaban J connectivity index is 0.000000921. The maximum atomic E-state index is 11.1. The second kappa shape index (κ2) is 6.23. The van der Waals surface area contributed by atoms with Gasteiger partial charge in [0.25, 0.3) is 0 Å². The number of ketones is 1. The number of benzene rings is 1. The van der Waals surface area contributed by atoms with E-state index in [4.69, 9.17) is 0 Å². The molecule has 0 aliphatic carbocycles. The molecule has 1 aromatic rings. The van der Waals surface area contributed by atoms with Crippen LogP contribution in [0, 0.1) is 6.92 Å². The fourth-order valence-corrected chi connectivity index (χ4v) is 1.38. The summed E-state index contributed by atoms with van der Waals surface area (Å²) in [6.07, 6.45) is 0. The zero-order chi connectivity index (χ0) is 12.0. The zero-order valence-corrected chi connectivity index (χ0v) is 10.6. The van der Waals surface area contributed by atoms with E-state index in [1.807, 2.05) is 58.0 Å². The van der Waals surface area contributed by atoms with Crippen molar-refractivity contribution in [2.24, 2.45) is 0 Å². The smallest absolute Gasteiger partial charge is 0.159 e. The molecule has 0 bridgehead atoms. The van der Waals surface area contributed by atoms with Crippen LogP contribution in [0.4, 0.5) is 5.69 Å².